The van der Waals surface area contributed by atoms with E-state index >= 15 is 0 Å². The van der Waals surface area contributed by atoms with E-state index in [1.807, 2.05) is 0 Å². The van der Waals surface area contributed by atoms with Crippen LogP contribution in [0.15, 0.2) is 12.7 Å². The fourth-order valence-electron chi connectivity index (χ4n) is 6.65. The number of phosphoric ester groups is 3. The number of thioether (sulfide) groups is 1. The maximum absolute atomic E-state index is 12.7. The van der Waals surface area contributed by atoms with Gasteiger partial charge in [-0.15, -0.1) is 0 Å². The molecule has 1 fully saturated rings. The van der Waals surface area contributed by atoms with Gasteiger partial charge in [0.1, 0.15) is 36.3 Å². The third-order valence-corrected chi connectivity index (χ3v) is 15.6. The number of halogens is 1. The van der Waals surface area contributed by atoms with Crippen molar-refractivity contribution in [3.05, 3.63) is 12.7 Å². The number of alkyl halides is 1. The van der Waals surface area contributed by atoms with Crippen LogP contribution in [-0.2, 0) is 50.7 Å². The number of imidazole rings is 1. The molecule has 1 aliphatic heterocycles. The van der Waals surface area contributed by atoms with Crippen molar-refractivity contribution in [1.29, 1.82) is 0 Å². The maximum atomic E-state index is 12.7. The van der Waals surface area contributed by atoms with E-state index in [9.17, 15) is 57.9 Å². The third-order valence-electron chi connectivity index (χ3n) is 10.3. The molecule has 0 bridgehead atoms. The first-order valence-corrected chi connectivity index (χ1v) is 28.1. The normalized spacial score (nSPS) is 20.7. The molecule has 0 aromatic carbocycles. The van der Waals surface area contributed by atoms with Crippen molar-refractivity contribution in [1.82, 2.24) is 30.2 Å². The van der Waals surface area contributed by atoms with Crippen LogP contribution >= 0.6 is 51.2 Å². The molecule has 1 aliphatic rings. The standard InChI is InChI=1S/C37H65BrN7O17P3S/c1-4-5-6-7-8-9-10-11-12-13-14-15-16-25(38)36(50)66-20-19-40-27(46)17-18-41-34(49)31(48)37(2,3)22-59-65(56,57)62-64(54,55)58-21-26-30(61-63(51,52)53)29(47)35(60-26)45-24-44-28-32(39)42-23-43-33(28)45/h23-26,29-31,35,47-48H,4-22H2,1-3H3,(H,40,46)(H,41,49)(H,54,55)(H,56,57)(H2,39,42,43)(H2,51,52,53)/t25?,26-,29-,30-,31?,35-/m1/s1. The van der Waals surface area contributed by atoms with Gasteiger partial charge >= 0.3 is 23.5 Å². The third kappa shape index (κ3) is 20.6. The lowest BCUT2D eigenvalue weighted by atomic mass is 9.87. The summed E-state index contributed by atoms with van der Waals surface area (Å²) in [6, 6.07) is 0. The number of hydrogen-bond donors (Lipinski definition) is 9. The summed E-state index contributed by atoms with van der Waals surface area (Å²) in [4.78, 5) is 88.4. The SMILES string of the molecule is CCCCCCCCCCCCCCC(Br)C(=O)SCCNC(=O)CCNC(=O)C(O)C(C)(C)COP(=O)(O)OP(=O)(O)OC[C@H]1O[C@@H](n2cnc3c(N)ncnc32)[C@H](O)[C@@H]1OP(=O)(O)O. The van der Waals surface area contributed by atoms with Gasteiger partial charge in [-0.3, -0.25) is 32.5 Å². The molecular weight excluding hydrogens is 1020 g/mol. The van der Waals surface area contributed by atoms with Crippen molar-refractivity contribution >= 4 is 85.1 Å². The van der Waals surface area contributed by atoms with Gasteiger partial charge < -0.3 is 50.9 Å². The van der Waals surface area contributed by atoms with Crippen LogP contribution in [0.1, 0.15) is 117 Å². The Balaban J connectivity index is 1.34. The van der Waals surface area contributed by atoms with Gasteiger partial charge in [0.25, 0.3) is 0 Å². The lowest BCUT2D eigenvalue weighted by Gasteiger charge is -2.30. The molecule has 2 aromatic rings. The molecule has 1 saturated heterocycles. The van der Waals surface area contributed by atoms with E-state index in [4.69, 9.17) is 19.5 Å². The van der Waals surface area contributed by atoms with Gasteiger partial charge in [-0.1, -0.05) is 126 Å². The van der Waals surface area contributed by atoms with Crippen LogP contribution in [0.4, 0.5) is 5.82 Å². The minimum Gasteiger partial charge on any atom is -0.386 e. The van der Waals surface area contributed by atoms with E-state index in [0.717, 1.165) is 54.7 Å². The number of unbranched alkanes of at least 4 members (excludes halogenated alkanes) is 11. The molecule has 2 aromatic heterocycles. The van der Waals surface area contributed by atoms with Crippen molar-refractivity contribution in [2.75, 3.05) is 37.8 Å². The van der Waals surface area contributed by atoms with Gasteiger partial charge in [0.05, 0.1) is 24.4 Å². The van der Waals surface area contributed by atoms with Crippen molar-refractivity contribution < 1.29 is 80.5 Å². The smallest absolute Gasteiger partial charge is 0.386 e. The molecule has 3 heterocycles. The number of ether oxygens (including phenoxy) is 1. The fourth-order valence-corrected chi connectivity index (χ4v) is 10.9. The molecular formula is C37H65BrN7O17P3S. The summed E-state index contributed by atoms with van der Waals surface area (Å²) in [7, 11) is -16.4. The molecule has 0 spiro atoms. The Morgan fingerprint density at radius 3 is 2.15 bits per heavy atom. The summed E-state index contributed by atoms with van der Waals surface area (Å²) in [6.45, 7) is 2.76. The number of carbonyl (C=O) groups is 3. The molecule has 29 heteroatoms. The highest BCUT2D eigenvalue weighted by Gasteiger charge is 2.50. The summed E-state index contributed by atoms with van der Waals surface area (Å²) < 4.78 is 62.4. The molecule has 2 amide bonds. The zero-order valence-electron chi connectivity index (χ0n) is 37.2. The van der Waals surface area contributed by atoms with Crippen LogP contribution in [0.3, 0.4) is 0 Å². The molecule has 66 heavy (non-hydrogen) atoms. The lowest BCUT2D eigenvalue weighted by Crippen LogP contribution is -2.46. The number of aliphatic hydroxyl groups excluding tert-OH is 2. The molecule has 0 radical (unpaired) electrons. The molecule has 378 valence electrons. The summed E-state index contributed by atoms with van der Waals surface area (Å²) in [6.07, 6.45) is 8.69. The molecule has 0 saturated carbocycles. The van der Waals surface area contributed by atoms with Gasteiger partial charge in [0.2, 0.25) is 16.9 Å². The predicted octanol–water partition coefficient (Wildman–Crippen LogP) is 4.52. The van der Waals surface area contributed by atoms with Gasteiger partial charge in [0, 0.05) is 30.7 Å². The van der Waals surface area contributed by atoms with Crippen LogP contribution in [0.5, 0.6) is 0 Å². The Labute approximate surface area is 396 Å². The minimum atomic E-state index is -5.58. The van der Waals surface area contributed by atoms with E-state index in [-0.39, 0.29) is 46.4 Å². The van der Waals surface area contributed by atoms with Crippen molar-refractivity contribution in [3.63, 3.8) is 0 Å². The Bertz CT molecular complexity index is 2000. The zero-order valence-corrected chi connectivity index (χ0v) is 42.3. The topological polar surface area (TPSA) is 364 Å². The number of nitrogen functional groups attached to an aromatic ring is 1. The quantitative estimate of drug-likeness (QED) is 0.0269. The number of rotatable bonds is 33. The number of nitrogens with two attached hydrogens (primary N) is 1. The molecule has 24 nitrogen and oxygen atoms in total. The van der Waals surface area contributed by atoms with Crippen molar-refractivity contribution in [2.24, 2.45) is 5.41 Å². The second kappa shape index (κ2) is 28.0. The Morgan fingerprint density at radius 1 is 0.924 bits per heavy atom. The first kappa shape index (κ1) is 58.4. The molecule has 4 unspecified atom stereocenters. The summed E-state index contributed by atoms with van der Waals surface area (Å²) in [5.41, 5.74) is 4.28. The Morgan fingerprint density at radius 2 is 1.53 bits per heavy atom. The van der Waals surface area contributed by atoms with E-state index in [2.05, 4.69) is 57.3 Å². The zero-order chi connectivity index (χ0) is 49.1. The largest absolute Gasteiger partial charge is 0.481 e. The Kier molecular flexibility index (Phi) is 24.8. The number of amides is 2. The number of nitrogens with zero attached hydrogens (tertiary/aromatic N) is 4. The van der Waals surface area contributed by atoms with E-state index < -0.39 is 84.6 Å². The van der Waals surface area contributed by atoms with Crippen LogP contribution in [0.25, 0.3) is 11.2 Å². The number of aromatic nitrogens is 4. The summed E-state index contributed by atoms with van der Waals surface area (Å²) >= 11 is 4.59. The van der Waals surface area contributed by atoms with Gasteiger partial charge in [-0.25, -0.2) is 28.6 Å². The molecule has 8 atom stereocenters. The highest BCUT2D eigenvalue weighted by Crippen LogP contribution is 2.61. The number of nitrogens with one attached hydrogen (secondary N) is 2. The van der Waals surface area contributed by atoms with Gasteiger partial charge in [0.15, 0.2) is 17.7 Å². The second-order valence-electron chi connectivity index (χ2n) is 16.4. The van der Waals surface area contributed by atoms with E-state index in [1.165, 1.54) is 71.6 Å². The van der Waals surface area contributed by atoms with Gasteiger partial charge in [-0.05, 0) is 6.42 Å². The number of phosphoric acid groups is 3. The summed E-state index contributed by atoms with van der Waals surface area (Å²) in [5.74, 6) is -1.08. The molecule has 10 N–H and O–H groups in total. The predicted molar refractivity (Wildman–Crippen MR) is 246 cm³/mol. The number of hydrogen-bond acceptors (Lipinski definition) is 18. The average Bonchev–Trinajstić information content (AvgIpc) is 3.80. The first-order valence-electron chi connectivity index (χ1n) is 21.7. The number of aliphatic hydroxyl groups is 2. The van der Waals surface area contributed by atoms with Crippen LogP contribution in [-0.4, -0.2) is 128 Å². The molecule has 3 rings (SSSR count). The lowest BCUT2D eigenvalue weighted by molar-refractivity contribution is -0.137. The first-order chi connectivity index (χ1) is 31.0. The van der Waals surface area contributed by atoms with Crippen molar-refractivity contribution in [3.8, 4) is 0 Å². The van der Waals surface area contributed by atoms with Gasteiger partial charge in [-0.2, -0.15) is 4.31 Å². The average molecular weight is 1080 g/mol. The van der Waals surface area contributed by atoms with E-state index in [1.54, 1.807) is 0 Å². The van der Waals surface area contributed by atoms with E-state index in [0.29, 0.717) is 5.75 Å². The highest BCUT2D eigenvalue weighted by molar-refractivity contribution is 9.10. The summed E-state index contributed by atoms with van der Waals surface area (Å²) in [5, 5.41) is 26.6. The number of anilines is 1. The van der Waals surface area contributed by atoms with Crippen LogP contribution < -0.4 is 16.4 Å². The van der Waals surface area contributed by atoms with Crippen molar-refractivity contribution in [2.45, 2.75) is 146 Å². The van der Waals surface area contributed by atoms with Crippen LogP contribution in [0, 0.1) is 5.41 Å². The van der Waals surface area contributed by atoms with Crippen LogP contribution in [0.2, 0.25) is 0 Å². The Hall–Kier alpha value is -1.96. The number of fused-ring (bicyclic) bond motifs is 1. The molecule has 0 aliphatic carbocycles. The maximum Gasteiger partial charge on any atom is 0.481 e. The number of carbonyl (C=O) groups excluding carboxylic acids is 3. The highest BCUT2D eigenvalue weighted by atomic mass is 79.9. The fraction of sp³-hybridized carbons (Fsp3) is 0.784. The second-order valence-corrected chi connectivity index (χ2v) is 22.8. The monoisotopic (exact) mass is 1080 g/mol. The minimum absolute atomic E-state index is 0.00995.